The summed E-state index contributed by atoms with van der Waals surface area (Å²) >= 11 is 1.24. The van der Waals surface area contributed by atoms with Gasteiger partial charge in [-0.1, -0.05) is 30.3 Å². The molecule has 0 saturated heterocycles. The molecule has 0 fully saturated rings. The molecular weight excluding hydrogens is 389 g/mol. The van der Waals surface area contributed by atoms with Gasteiger partial charge in [0.2, 0.25) is 0 Å². The van der Waals surface area contributed by atoms with Crippen LogP contribution < -0.4 is 10.1 Å². The number of aryl methyl sites for hydroxylation is 1. The van der Waals surface area contributed by atoms with Gasteiger partial charge in [0.25, 0.3) is 5.91 Å². The average Bonchev–Trinajstić information content (AvgIpc) is 3.00. The number of carbonyl (C=O) groups is 1. The number of halogens is 3. The van der Waals surface area contributed by atoms with Gasteiger partial charge in [0.05, 0.1) is 23.9 Å². The van der Waals surface area contributed by atoms with Gasteiger partial charge in [0, 0.05) is 11.3 Å². The Morgan fingerprint density at radius 3 is 2.64 bits per heavy atom. The predicted octanol–water partition coefficient (Wildman–Crippen LogP) is 5.32. The number of aromatic nitrogens is 1. The van der Waals surface area contributed by atoms with Crippen LogP contribution in [0.4, 0.5) is 18.3 Å². The third kappa shape index (κ3) is 4.51. The molecule has 0 radical (unpaired) electrons. The molecule has 0 spiro atoms. The van der Waals surface area contributed by atoms with Crippen LogP contribution >= 0.6 is 11.3 Å². The number of rotatable bonds is 5. The highest BCUT2D eigenvalue weighted by Gasteiger charge is 2.30. The van der Waals surface area contributed by atoms with Gasteiger partial charge in [-0.3, -0.25) is 10.1 Å². The summed E-state index contributed by atoms with van der Waals surface area (Å²) in [7, 11) is 1.48. The van der Waals surface area contributed by atoms with Crippen LogP contribution in [-0.2, 0) is 12.6 Å². The van der Waals surface area contributed by atoms with Gasteiger partial charge in [-0.05, 0) is 30.7 Å². The van der Waals surface area contributed by atoms with Crippen LogP contribution in [0.15, 0.2) is 48.5 Å². The smallest absolute Gasteiger partial charge is 0.416 e. The first-order valence-electron chi connectivity index (χ1n) is 8.34. The number of amides is 1. The van der Waals surface area contributed by atoms with E-state index in [1.165, 1.54) is 24.5 Å². The van der Waals surface area contributed by atoms with Gasteiger partial charge in [-0.2, -0.15) is 13.2 Å². The SMILES string of the molecule is COc1ccccc1C(=O)Nc1nc(C)c(Cc2cccc(C(F)(F)F)c2)s1. The van der Waals surface area contributed by atoms with Crippen LogP contribution in [0.1, 0.15) is 32.1 Å². The first kappa shape index (κ1) is 19.9. The summed E-state index contributed by atoms with van der Waals surface area (Å²) in [5, 5.41) is 3.11. The monoisotopic (exact) mass is 406 g/mol. The second kappa shape index (κ2) is 8.02. The summed E-state index contributed by atoms with van der Waals surface area (Å²) < 4.78 is 43.8. The fourth-order valence-corrected chi connectivity index (χ4v) is 3.68. The van der Waals surface area contributed by atoms with E-state index in [1.807, 2.05) is 0 Å². The largest absolute Gasteiger partial charge is 0.496 e. The molecule has 1 amide bonds. The fourth-order valence-electron chi connectivity index (χ4n) is 2.69. The van der Waals surface area contributed by atoms with Crippen LogP contribution in [0.5, 0.6) is 5.75 Å². The molecule has 0 saturated carbocycles. The van der Waals surface area contributed by atoms with Crippen LogP contribution in [-0.4, -0.2) is 18.0 Å². The topological polar surface area (TPSA) is 51.2 Å². The van der Waals surface area contributed by atoms with Crippen molar-refractivity contribution in [1.82, 2.24) is 4.98 Å². The fraction of sp³-hybridized carbons (Fsp3) is 0.200. The van der Waals surface area contributed by atoms with Gasteiger partial charge in [-0.15, -0.1) is 11.3 Å². The number of carbonyl (C=O) groups excluding carboxylic acids is 1. The van der Waals surface area contributed by atoms with Crippen molar-refractivity contribution < 1.29 is 22.7 Å². The number of nitrogens with zero attached hydrogens (tertiary/aromatic N) is 1. The number of alkyl halides is 3. The Balaban J connectivity index is 1.78. The lowest BCUT2D eigenvalue weighted by molar-refractivity contribution is -0.137. The molecule has 1 N–H and O–H groups in total. The molecule has 146 valence electrons. The van der Waals surface area contributed by atoms with Crippen molar-refractivity contribution in [1.29, 1.82) is 0 Å². The van der Waals surface area contributed by atoms with E-state index >= 15 is 0 Å². The summed E-state index contributed by atoms with van der Waals surface area (Å²) in [4.78, 5) is 17.6. The number of benzene rings is 2. The predicted molar refractivity (Wildman–Crippen MR) is 102 cm³/mol. The highest BCUT2D eigenvalue weighted by Crippen LogP contribution is 2.31. The lowest BCUT2D eigenvalue weighted by Gasteiger charge is -2.08. The van der Waals surface area contributed by atoms with Crippen molar-refractivity contribution in [2.75, 3.05) is 12.4 Å². The Morgan fingerprint density at radius 2 is 1.93 bits per heavy atom. The van der Waals surface area contributed by atoms with E-state index in [4.69, 9.17) is 4.74 Å². The highest BCUT2D eigenvalue weighted by atomic mass is 32.1. The summed E-state index contributed by atoms with van der Waals surface area (Å²) in [5.41, 5.74) is 0.885. The maximum absolute atomic E-state index is 12.9. The molecule has 8 heteroatoms. The standard InChI is InChI=1S/C20H17F3N2O2S/c1-12-17(11-13-6-5-7-14(10-13)20(21,22)23)28-19(24-12)25-18(26)15-8-3-4-9-16(15)27-2/h3-10H,11H2,1-2H3,(H,24,25,26). The number of ether oxygens (including phenoxy) is 1. The zero-order valence-electron chi connectivity index (χ0n) is 15.1. The van der Waals surface area contributed by atoms with E-state index < -0.39 is 11.7 Å². The Kier molecular flexibility index (Phi) is 5.69. The van der Waals surface area contributed by atoms with Crippen LogP contribution in [0.25, 0.3) is 0 Å². The summed E-state index contributed by atoms with van der Waals surface area (Å²) in [6.07, 6.45) is -4.08. The van der Waals surface area contributed by atoms with Crippen molar-refractivity contribution in [3.63, 3.8) is 0 Å². The van der Waals surface area contributed by atoms with E-state index in [1.54, 1.807) is 37.3 Å². The molecule has 1 aromatic heterocycles. The molecule has 0 bridgehead atoms. The van der Waals surface area contributed by atoms with Gasteiger partial charge >= 0.3 is 6.18 Å². The van der Waals surface area contributed by atoms with Crippen molar-refractivity contribution >= 4 is 22.4 Å². The molecule has 0 aliphatic rings. The Morgan fingerprint density at radius 1 is 1.18 bits per heavy atom. The minimum absolute atomic E-state index is 0.304. The number of nitrogens with one attached hydrogen (secondary N) is 1. The highest BCUT2D eigenvalue weighted by molar-refractivity contribution is 7.15. The average molecular weight is 406 g/mol. The van der Waals surface area contributed by atoms with Crippen molar-refractivity contribution in [2.45, 2.75) is 19.5 Å². The molecule has 28 heavy (non-hydrogen) atoms. The molecule has 3 rings (SSSR count). The van der Waals surface area contributed by atoms with Crippen molar-refractivity contribution in [2.24, 2.45) is 0 Å². The minimum atomic E-state index is -4.38. The number of hydrogen-bond donors (Lipinski definition) is 1. The molecule has 0 aliphatic carbocycles. The number of anilines is 1. The maximum atomic E-state index is 12.9. The van der Waals surface area contributed by atoms with Crippen molar-refractivity contribution in [3.8, 4) is 5.75 Å². The minimum Gasteiger partial charge on any atom is -0.496 e. The number of thiazole rings is 1. The normalized spacial score (nSPS) is 11.3. The van der Waals surface area contributed by atoms with E-state index in [2.05, 4.69) is 10.3 Å². The lowest BCUT2D eigenvalue weighted by atomic mass is 10.1. The molecular formula is C20H17F3N2O2S. The summed E-state index contributed by atoms with van der Waals surface area (Å²) in [6.45, 7) is 1.76. The molecule has 0 unspecified atom stereocenters. The Bertz CT molecular complexity index is 999. The Hall–Kier alpha value is -2.87. The van der Waals surface area contributed by atoms with Crippen LogP contribution in [0.3, 0.4) is 0 Å². The zero-order valence-corrected chi connectivity index (χ0v) is 15.9. The van der Waals surface area contributed by atoms with Gasteiger partial charge < -0.3 is 4.74 Å². The number of para-hydroxylation sites is 1. The quantitative estimate of drug-likeness (QED) is 0.624. The van der Waals surface area contributed by atoms with E-state index in [0.29, 0.717) is 34.1 Å². The number of hydrogen-bond acceptors (Lipinski definition) is 4. The van der Waals surface area contributed by atoms with E-state index in [-0.39, 0.29) is 5.91 Å². The van der Waals surface area contributed by atoms with Crippen LogP contribution in [0.2, 0.25) is 0 Å². The second-order valence-corrected chi connectivity index (χ2v) is 7.14. The van der Waals surface area contributed by atoms with Crippen LogP contribution in [0, 0.1) is 6.92 Å². The third-order valence-corrected chi connectivity index (χ3v) is 5.16. The van der Waals surface area contributed by atoms with Gasteiger partial charge in [-0.25, -0.2) is 4.98 Å². The van der Waals surface area contributed by atoms with Gasteiger partial charge in [0.1, 0.15) is 5.75 Å². The second-order valence-electron chi connectivity index (χ2n) is 6.06. The van der Waals surface area contributed by atoms with E-state index in [9.17, 15) is 18.0 Å². The maximum Gasteiger partial charge on any atom is 0.416 e. The zero-order chi connectivity index (χ0) is 20.3. The lowest BCUT2D eigenvalue weighted by Crippen LogP contribution is -2.12. The molecule has 0 aliphatic heterocycles. The third-order valence-electron chi connectivity index (χ3n) is 4.08. The molecule has 0 atom stereocenters. The Labute approximate surface area is 164 Å². The number of methoxy groups -OCH3 is 1. The van der Waals surface area contributed by atoms with Crippen molar-refractivity contribution in [3.05, 3.63) is 75.8 Å². The summed E-state index contributed by atoms with van der Waals surface area (Å²) in [6, 6.07) is 12.0. The van der Waals surface area contributed by atoms with Gasteiger partial charge in [0.15, 0.2) is 5.13 Å². The molecule has 2 aromatic carbocycles. The summed E-state index contributed by atoms with van der Waals surface area (Å²) in [5.74, 6) is 0.0780. The molecule has 1 heterocycles. The van der Waals surface area contributed by atoms with E-state index in [0.717, 1.165) is 17.0 Å². The first-order valence-corrected chi connectivity index (χ1v) is 9.16. The molecule has 3 aromatic rings. The first-order chi connectivity index (χ1) is 13.3. The molecule has 4 nitrogen and oxygen atoms in total.